The van der Waals surface area contributed by atoms with Crippen molar-refractivity contribution in [3.63, 3.8) is 0 Å². The van der Waals surface area contributed by atoms with Crippen LogP contribution in [-0.4, -0.2) is 45.9 Å². The number of hydrogen-bond donors (Lipinski definition) is 0. The summed E-state index contributed by atoms with van der Waals surface area (Å²) in [6.45, 7) is 2.07. The first-order chi connectivity index (χ1) is 15.8. The topological polar surface area (TPSA) is 64.4 Å². The Morgan fingerprint density at radius 3 is 2.52 bits per heavy atom. The molecule has 1 saturated carbocycles. The minimum absolute atomic E-state index is 0.192. The predicted octanol–water partition coefficient (Wildman–Crippen LogP) is 5.12. The number of hydrogen-bond acceptors (Lipinski definition) is 5. The van der Waals surface area contributed by atoms with Gasteiger partial charge in [0.1, 0.15) is 5.56 Å². The normalized spacial score (nSPS) is 13.4. The molecule has 0 N–H and O–H groups in total. The zero-order valence-electron chi connectivity index (χ0n) is 18.8. The van der Waals surface area contributed by atoms with E-state index < -0.39 is 0 Å². The van der Waals surface area contributed by atoms with Crippen molar-refractivity contribution in [1.82, 2.24) is 14.7 Å². The summed E-state index contributed by atoms with van der Waals surface area (Å²) in [7, 11) is 3.70. The number of ether oxygens (including phenoxy) is 1. The Balaban J connectivity index is 1.61. The zero-order valence-corrected chi connectivity index (χ0v) is 20.3. The van der Waals surface area contributed by atoms with Crippen LogP contribution in [0.2, 0.25) is 10.0 Å². The molecule has 0 saturated heterocycles. The SMILES string of the molecule is Cc1nn(C)c(OCC(=O)c2ccccc2)c1C(=O)c1ccc(Cl)c(CN(C)C2CC2)c1Cl. The second-order valence-electron chi connectivity index (χ2n) is 8.33. The van der Waals surface area contributed by atoms with E-state index in [0.717, 1.165) is 18.4 Å². The molecule has 0 bridgehead atoms. The highest BCUT2D eigenvalue weighted by Crippen LogP contribution is 2.35. The van der Waals surface area contributed by atoms with E-state index >= 15 is 0 Å². The highest BCUT2D eigenvalue weighted by molar-refractivity contribution is 6.39. The molecule has 0 unspecified atom stereocenters. The molecule has 1 aliphatic rings. The molecule has 1 heterocycles. The van der Waals surface area contributed by atoms with Crippen LogP contribution in [0, 0.1) is 6.92 Å². The maximum absolute atomic E-state index is 13.6. The first kappa shape index (κ1) is 23.5. The molecule has 33 heavy (non-hydrogen) atoms. The van der Waals surface area contributed by atoms with Crippen LogP contribution < -0.4 is 4.74 Å². The average molecular weight is 486 g/mol. The van der Waals surface area contributed by atoms with E-state index in [2.05, 4.69) is 10.00 Å². The zero-order chi connectivity index (χ0) is 23.7. The second kappa shape index (κ2) is 9.67. The highest BCUT2D eigenvalue weighted by Gasteiger charge is 2.29. The molecule has 0 atom stereocenters. The van der Waals surface area contributed by atoms with E-state index in [9.17, 15) is 9.59 Å². The first-order valence-electron chi connectivity index (χ1n) is 10.7. The number of Topliss-reactive ketones (excluding diaryl/α,β-unsaturated/α-hetero) is 1. The Kier molecular flexibility index (Phi) is 6.88. The lowest BCUT2D eigenvalue weighted by Crippen LogP contribution is -2.21. The molecule has 6 nitrogen and oxygen atoms in total. The third-order valence-corrected chi connectivity index (χ3v) is 6.63. The van der Waals surface area contributed by atoms with Gasteiger partial charge in [0.05, 0.1) is 10.7 Å². The Labute approximate surface area is 203 Å². The van der Waals surface area contributed by atoms with E-state index in [-0.39, 0.29) is 29.6 Å². The van der Waals surface area contributed by atoms with Crippen molar-refractivity contribution in [1.29, 1.82) is 0 Å². The van der Waals surface area contributed by atoms with Crippen molar-refractivity contribution in [3.8, 4) is 5.88 Å². The maximum atomic E-state index is 13.6. The standard InChI is InChI=1S/C25H25Cl2N3O3/c1-15-22(25(30(3)28-15)33-14-21(31)16-7-5-4-6-8-16)24(32)18-11-12-20(26)19(23(18)27)13-29(2)17-9-10-17/h4-8,11-12,17H,9-10,13-14H2,1-3H3. The molecule has 0 aliphatic heterocycles. The third kappa shape index (κ3) is 4.98. The van der Waals surface area contributed by atoms with Gasteiger partial charge in [0, 0.05) is 41.3 Å². The van der Waals surface area contributed by atoms with E-state index in [4.69, 9.17) is 27.9 Å². The predicted molar refractivity (Wildman–Crippen MR) is 129 cm³/mol. The van der Waals surface area contributed by atoms with Gasteiger partial charge in [-0.3, -0.25) is 14.5 Å². The fourth-order valence-electron chi connectivity index (χ4n) is 3.85. The number of benzene rings is 2. The van der Waals surface area contributed by atoms with Crippen LogP contribution in [0.4, 0.5) is 0 Å². The molecule has 3 aromatic rings. The summed E-state index contributed by atoms with van der Waals surface area (Å²) in [6.07, 6.45) is 2.31. The number of carbonyl (C=O) groups excluding carboxylic acids is 2. The maximum Gasteiger partial charge on any atom is 0.223 e. The van der Waals surface area contributed by atoms with Crippen LogP contribution in [0.3, 0.4) is 0 Å². The average Bonchev–Trinajstić information content (AvgIpc) is 3.60. The highest BCUT2D eigenvalue weighted by atomic mass is 35.5. The van der Waals surface area contributed by atoms with Crippen molar-refractivity contribution in [2.24, 2.45) is 7.05 Å². The molecule has 8 heteroatoms. The molecule has 172 valence electrons. The van der Waals surface area contributed by atoms with Crippen molar-refractivity contribution in [3.05, 3.63) is 80.5 Å². The fraction of sp³-hybridized carbons (Fsp3) is 0.320. The molecule has 0 radical (unpaired) electrons. The van der Waals surface area contributed by atoms with Gasteiger partial charge < -0.3 is 4.74 Å². The number of aryl methyl sites for hydroxylation is 2. The number of ketones is 2. The van der Waals surface area contributed by atoms with Crippen LogP contribution in [0.1, 0.15) is 50.4 Å². The second-order valence-corrected chi connectivity index (χ2v) is 9.12. The lowest BCUT2D eigenvalue weighted by molar-refractivity contribution is 0.0908. The van der Waals surface area contributed by atoms with Gasteiger partial charge in [-0.1, -0.05) is 53.5 Å². The summed E-state index contributed by atoms with van der Waals surface area (Å²) in [6, 6.07) is 12.7. The van der Waals surface area contributed by atoms with Crippen LogP contribution in [0.15, 0.2) is 42.5 Å². The number of halogens is 2. The largest absolute Gasteiger partial charge is 0.469 e. The van der Waals surface area contributed by atoms with Crippen LogP contribution in [0.25, 0.3) is 0 Å². The van der Waals surface area contributed by atoms with Crippen molar-refractivity contribution in [2.45, 2.75) is 32.4 Å². The van der Waals surface area contributed by atoms with Gasteiger partial charge in [0.2, 0.25) is 11.7 Å². The number of nitrogens with zero attached hydrogens (tertiary/aromatic N) is 3. The lowest BCUT2D eigenvalue weighted by atomic mass is 10.0. The summed E-state index contributed by atoms with van der Waals surface area (Å²) in [5.41, 5.74) is 2.36. The quantitative estimate of drug-likeness (QED) is 0.393. The monoisotopic (exact) mass is 485 g/mol. The van der Waals surface area contributed by atoms with E-state index in [1.165, 1.54) is 4.68 Å². The molecule has 1 aliphatic carbocycles. The minimum Gasteiger partial charge on any atom is -0.469 e. The van der Waals surface area contributed by atoms with Gasteiger partial charge in [-0.05, 0) is 38.9 Å². The van der Waals surface area contributed by atoms with Crippen molar-refractivity contribution >= 4 is 34.8 Å². The summed E-state index contributed by atoms with van der Waals surface area (Å²) in [5, 5.41) is 5.19. The van der Waals surface area contributed by atoms with E-state index in [1.807, 2.05) is 13.1 Å². The summed E-state index contributed by atoms with van der Waals surface area (Å²) in [4.78, 5) is 28.3. The summed E-state index contributed by atoms with van der Waals surface area (Å²) >= 11 is 13.1. The molecule has 0 amide bonds. The van der Waals surface area contributed by atoms with Gasteiger partial charge in [-0.2, -0.15) is 5.10 Å². The lowest BCUT2D eigenvalue weighted by Gasteiger charge is -2.19. The van der Waals surface area contributed by atoms with Gasteiger partial charge in [0.15, 0.2) is 12.4 Å². The third-order valence-electron chi connectivity index (χ3n) is 5.84. The van der Waals surface area contributed by atoms with Gasteiger partial charge in [-0.25, -0.2) is 4.68 Å². The van der Waals surface area contributed by atoms with E-state index in [1.54, 1.807) is 50.4 Å². The minimum atomic E-state index is -0.320. The van der Waals surface area contributed by atoms with Crippen molar-refractivity contribution < 1.29 is 14.3 Å². The molecular formula is C25H25Cl2N3O3. The number of rotatable bonds is 9. The van der Waals surface area contributed by atoms with Gasteiger partial charge in [0.25, 0.3) is 0 Å². The fourth-order valence-corrected chi connectivity index (χ4v) is 4.43. The van der Waals surface area contributed by atoms with Crippen LogP contribution >= 0.6 is 23.2 Å². The molecule has 0 spiro atoms. The molecular weight excluding hydrogens is 461 g/mol. The molecule has 4 rings (SSSR count). The molecule has 2 aromatic carbocycles. The smallest absolute Gasteiger partial charge is 0.223 e. The Morgan fingerprint density at radius 1 is 1.15 bits per heavy atom. The van der Waals surface area contributed by atoms with Crippen molar-refractivity contribution in [2.75, 3.05) is 13.7 Å². The van der Waals surface area contributed by atoms with Crippen LogP contribution in [0.5, 0.6) is 5.88 Å². The summed E-state index contributed by atoms with van der Waals surface area (Å²) < 4.78 is 7.26. The molecule has 1 aromatic heterocycles. The number of carbonyl (C=O) groups is 2. The van der Waals surface area contributed by atoms with Gasteiger partial charge in [-0.15, -0.1) is 0 Å². The summed E-state index contributed by atoms with van der Waals surface area (Å²) in [5.74, 6) is -0.285. The number of aromatic nitrogens is 2. The first-order valence-corrected chi connectivity index (χ1v) is 11.5. The van der Waals surface area contributed by atoms with Crippen LogP contribution in [-0.2, 0) is 13.6 Å². The van der Waals surface area contributed by atoms with E-state index in [0.29, 0.717) is 39.5 Å². The van der Waals surface area contributed by atoms with Gasteiger partial charge >= 0.3 is 0 Å². The Morgan fingerprint density at radius 2 is 1.85 bits per heavy atom. The Bertz CT molecular complexity index is 1200. The molecule has 1 fully saturated rings. The Hall–Kier alpha value is -2.67.